The number of ether oxygens (including phenoxy) is 1. The molecule has 1 amide bonds. The van der Waals surface area contributed by atoms with Crippen molar-refractivity contribution in [1.82, 2.24) is 4.98 Å². The first kappa shape index (κ1) is 21.2. The van der Waals surface area contributed by atoms with E-state index in [1.807, 2.05) is 24.3 Å². The Labute approximate surface area is 199 Å². The third-order valence-corrected chi connectivity index (χ3v) is 5.93. The van der Waals surface area contributed by atoms with Gasteiger partial charge in [-0.25, -0.2) is 9.98 Å². The van der Waals surface area contributed by atoms with Gasteiger partial charge in [0.15, 0.2) is 11.6 Å². The van der Waals surface area contributed by atoms with Gasteiger partial charge in [-0.05, 0) is 54.1 Å². The van der Waals surface area contributed by atoms with Gasteiger partial charge < -0.3 is 14.5 Å². The third-order valence-electron chi connectivity index (χ3n) is 5.31. The van der Waals surface area contributed by atoms with Gasteiger partial charge in [0, 0.05) is 40.0 Å². The van der Waals surface area contributed by atoms with Crippen LogP contribution in [0.15, 0.2) is 76.5 Å². The van der Waals surface area contributed by atoms with Crippen LogP contribution in [0.4, 0.5) is 11.5 Å². The van der Waals surface area contributed by atoms with Gasteiger partial charge in [-0.2, -0.15) is 0 Å². The summed E-state index contributed by atoms with van der Waals surface area (Å²) < 4.78 is 10.4. The lowest BCUT2D eigenvalue weighted by Crippen LogP contribution is -2.11. The Hall–Kier alpha value is -3.61. The van der Waals surface area contributed by atoms with Crippen molar-refractivity contribution in [2.75, 3.05) is 12.4 Å². The smallest absolute Gasteiger partial charge is 0.291 e. The molecule has 5 rings (SSSR count). The number of anilines is 1. The van der Waals surface area contributed by atoms with E-state index < -0.39 is 0 Å². The molecule has 8 heteroatoms. The number of carbonyl (C=O) groups is 1. The minimum atomic E-state index is -0.339. The van der Waals surface area contributed by atoms with Crippen LogP contribution in [-0.4, -0.2) is 23.7 Å². The molecule has 0 aliphatic carbocycles. The van der Waals surface area contributed by atoms with Crippen LogP contribution >= 0.6 is 23.2 Å². The maximum Gasteiger partial charge on any atom is 0.291 e. The molecule has 0 saturated carbocycles. The molecule has 164 valence electrons. The maximum atomic E-state index is 12.3. The number of benzene rings is 2. The van der Waals surface area contributed by atoms with Crippen LogP contribution in [0.5, 0.6) is 5.75 Å². The fourth-order valence-electron chi connectivity index (χ4n) is 3.67. The fourth-order valence-corrected chi connectivity index (χ4v) is 4.15. The van der Waals surface area contributed by atoms with Crippen LogP contribution in [0.3, 0.4) is 0 Å². The van der Waals surface area contributed by atoms with Crippen LogP contribution in [0, 0.1) is 0 Å². The normalized spacial score (nSPS) is 12.3. The van der Waals surface area contributed by atoms with Gasteiger partial charge in [0.25, 0.3) is 5.91 Å². The van der Waals surface area contributed by atoms with Crippen molar-refractivity contribution >= 4 is 46.3 Å². The second-order valence-electron chi connectivity index (χ2n) is 7.42. The molecule has 1 aliphatic rings. The van der Waals surface area contributed by atoms with Crippen LogP contribution in [0.25, 0.3) is 11.1 Å². The molecule has 0 saturated heterocycles. The van der Waals surface area contributed by atoms with E-state index in [2.05, 4.69) is 15.3 Å². The Kier molecular flexibility index (Phi) is 5.62. The zero-order chi connectivity index (χ0) is 22.9. The Morgan fingerprint density at radius 2 is 1.94 bits per heavy atom. The van der Waals surface area contributed by atoms with Gasteiger partial charge in [-0.1, -0.05) is 29.3 Å². The summed E-state index contributed by atoms with van der Waals surface area (Å²) in [6.45, 7) is 0. The lowest BCUT2D eigenvalue weighted by atomic mass is 10.0. The number of carbonyl (C=O) groups excluding carboxylic acids is 1. The van der Waals surface area contributed by atoms with Crippen LogP contribution in [0.2, 0.25) is 10.0 Å². The molecule has 4 aromatic rings. The number of methoxy groups -OCH3 is 1. The Bertz CT molecular complexity index is 1400. The van der Waals surface area contributed by atoms with E-state index in [1.54, 1.807) is 43.6 Å². The van der Waals surface area contributed by atoms with E-state index in [9.17, 15) is 4.79 Å². The lowest BCUT2D eigenvalue weighted by Gasteiger charge is -2.09. The SMILES string of the molecule is COc1ccc(-c2cnc3c(c2)CC(c2cc(NC(=O)c4ccco4)ccc2Cl)=N3)cc1Cl. The number of furan rings is 1. The number of pyridine rings is 1. The molecular formula is C25H17Cl2N3O3. The van der Waals surface area contributed by atoms with Crippen molar-refractivity contribution in [3.8, 4) is 16.9 Å². The van der Waals surface area contributed by atoms with E-state index >= 15 is 0 Å². The Morgan fingerprint density at radius 3 is 2.70 bits per heavy atom. The highest BCUT2D eigenvalue weighted by Gasteiger charge is 2.21. The Balaban J connectivity index is 1.39. The van der Waals surface area contributed by atoms with Gasteiger partial charge in [0.2, 0.25) is 0 Å². The zero-order valence-corrected chi connectivity index (χ0v) is 18.9. The summed E-state index contributed by atoms with van der Waals surface area (Å²) in [4.78, 5) is 21.5. The predicted octanol–water partition coefficient (Wildman–Crippen LogP) is 6.59. The monoisotopic (exact) mass is 477 g/mol. The fraction of sp³-hybridized carbons (Fsp3) is 0.0800. The molecule has 1 N–H and O–H groups in total. The summed E-state index contributed by atoms with van der Waals surface area (Å²) in [7, 11) is 1.58. The molecule has 1 aliphatic heterocycles. The minimum absolute atomic E-state index is 0.229. The second-order valence-corrected chi connectivity index (χ2v) is 8.23. The first-order valence-corrected chi connectivity index (χ1v) is 10.8. The Morgan fingerprint density at radius 1 is 1.06 bits per heavy atom. The third kappa shape index (κ3) is 4.23. The van der Waals surface area contributed by atoms with E-state index in [1.165, 1.54) is 6.26 Å². The molecule has 2 aromatic heterocycles. The van der Waals surface area contributed by atoms with Gasteiger partial charge in [-0.15, -0.1) is 0 Å². The molecule has 0 radical (unpaired) electrons. The number of rotatable bonds is 5. The van der Waals surface area contributed by atoms with Crippen molar-refractivity contribution in [2.24, 2.45) is 4.99 Å². The number of hydrogen-bond donors (Lipinski definition) is 1. The molecule has 3 heterocycles. The van der Waals surface area contributed by atoms with Crippen molar-refractivity contribution in [1.29, 1.82) is 0 Å². The molecule has 0 unspecified atom stereocenters. The quantitative estimate of drug-likeness (QED) is 0.351. The number of nitrogens with zero attached hydrogens (tertiary/aromatic N) is 2. The standard InChI is InChI=1S/C25H17Cl2N3O3/c1-32-22-7-4-14(10-20(22)27)16-9-15-11-21(30-24(15)28-13-16)18-12-17(5-6-19(18)26)29-25(31)23-3-2-8-33-23/h2-10,12-13H,11H2,1H3,(H,29,31). The minimum Gasteiger partial charge on any atom is -0.495 e. The average Bonchev–Trinajstić information content (AvgIpc) is 3.50. The second kappa shape index (κ2) is 8.73. The van der Waals surface area contributed by atoms with Gasteiger partial charge >= 0.3 is 0 Å². The molecule has 6 nitrogen and oxygen atoms in total. The van der Waals surface area contributed by atoms with Crippen LogP contribution in [0.1, 0.15) is 21.7 Å². The summed E-state index contributed by atoms with van der Waals surface area (Å²) in [6.07, 6.45) is 3.79. The molecule has 33 heavy (non-hydrogen) atoms. The van der Waals surface area contributed by atoms with E-state index in [0.29, 0.717) is 33.7 Å². The molecule has 0 atom stereocenters. The van der Waals surface area contributed by atoms with Crippen molar-refractivity contribution in [3.05, 3.63) is 94.0 Å². The predicted molar refractivity (Wildman–Crippen MR) is 129 cm³/mol. The van der Waals surface area contributed by atoms with E-state index in [-0.39, 0.29) is 11.7 Å². The van der Waals surface area contributed by atoms with Gasteiger partial charge in [-0.3, -0.25) is 4.79 Å². The first-order valence-electron chi connectivity index (χ1n) is 10.1. The molecule has 2 aromatic carbocycles. The highest BCUT2D eigenvalue weighted by molar-refractivity contribution is 6.35. The molecule has 0 spiro atoms. The largest absolute Gasteiger partial charge is 0.495 e. The van der Waals surface area contributed by atoms with Crippen molar-refractivity contribution in [3.63, 3.8) is 0 Å². The molecule has 0 bridgehead atoms. The number of nitrogens with one attached hydrogen (secondary N) is 1. The maximum absolute atomic E-state index is 12.3. The number of aromatic nitrogens is 1. The topological polar surface area (TPSA) is 76.7 Å². The highest BCUT2D eigenvalue weighted by Crippen LogP contribution is 2.35. The number of hydrogen-bond acceptors (Lipinski definition) is 5. The highest BCUT2D eigenvalue weighted by atomic mass is 35.5. The number of aliphatic imine (C=N–C) groups is 1. The van der Waals surface area contributed by atoms with Crippen molar-refractivity contribution in [2.45, 2.75) is 6.42 Å². The van der Waals surface area contributed by atoms with E-state index in [0.717, 1.165) is 28.0 Å². The summed E-state index contributed by atoms with van der Waals surface area (Å²) >= 11 is 12.8. The van der Waals surface area contributed by atoms with Crippen molar-refractivity contribution < 1.29 is 13.9 Å². The summed E-state index contributed by atoms with van der Waals surface area (Å²) in [5.74, 6) is 1.16. The van der Waals surface area contributed by atoms with Crippen LogP contribution < -0.4 is 10.1 Å². The zero-order valence-electron chi connectivity index (χ0n) is 17.4. The van der Waals surface area contributed by atoms with Gasteiger partial charge in [0.1, 0.15) is 5.75 Å². The summed E-state index contributed by atoms with van der Waals surface area (Å²) in [5, 5.41) is 3.89. The summed E-state index contributed by atoms with van der Waals surface area (Å²) in [6, 6.07) is 16.2. The average molecular weight is 478 g/mol. The van der Waals surface area contributed by atoms with Crippen LogP contribution in [-0.2, 0) is 6.42 Å². The number of amides is 1. The molecule has 0 fully saturated rings. The number of fused-ring (bicyclic) bond motifs is 1. The molecular weight excluding hydrogens is 461 g/mol. The number of halogens is 2. The van der Waals surface area contributed by atoms with Gasteiger partial charge in [0.05, 0.1) is 24.1 Å². The summed E-state index contributed by atoms with van der Waals surface area (Å²) in [5.41, 5.74) is 4.96. The van der Waals surface area contributed by atoms with E-state index in [4.69, 9.17) is 32.4 Å². The first-order chi connectivity index (χ1) is 16.0. The lowest BCUT2D eigenvalue weighted by molar-refractivity contribution is 0.0996.